The van der Waals surface area contributed by atoms with Gasteiger partial charge in [0.1, 0.15) is 6.61 Å². The molecule has 2 aromatic rings. The third-order valence-electron chi connectivity index (χ3n) is 2.22. The Hall–Kier alpha value is -1.23. The van der Waals surface area contributed by atoms with Crippen molar-refractivity contribution >= 4 is 46.2 Å². The van der Waals surface area contributed by atoms with E-state index in [2.05, 4.69) is 0 Å². The quantitative estimate of drug-likeness (QED) is 0.689. The van der Waals surface area contributed by atoms with Crippen molar-refractivity contribution in [3.05, 3.63) is 50.1 Å². The van der Waals surface area contributed by atoms with E-state index in [0.717, 1.165) is 5.56 Å². The fourth-order valence-corrected chi connectivity index (χ4v) is 2.43. The lowest BCUT2D eigenvalue weighted by Crippen LogP contribution is -2.06. The molecule has 0 saturated heterocycles. The van der Waals surface area contributed by atoms with Crippen molar-refractivity contribution in [2.45, 2.75) is 6.61 Å². The minimum atomic E-state index is -0.541. The molecule has 0 aliphatic carbocycles. The number of carbonyl (C=O) groups excluding carboxylic acids is 1. The third-order valence-corrected chi connectivity index (χ3v) is 3.75. The van der Waals surface area contributed by atoms with Gasteiger partial charge >= 0.3 is 5.97 Å². The van der Waals surface area contributed by atoms with Gasteiger partial charge in [0.2, 0.25) is 0 Å². The van der Waals surface area contributed by atoms with E-state index in [1.807, 2.05) is 16.8 Å². The number of ether oxygens (including phenoxy) is 1. The highest BCUT2D eigenvalue weighted by atomic mass is 35.5. The highest BCUT2D eigenvalue weighted by Crippen LogP contribution is 2.29. The Kier molecular flexibility index (Phi) is 4.11. The van der Waals surface area contributed by atoms with E-state index in [-0.39, 0.29) is 22.2 Å². The largest absolute Gasteiger partial charge is 0.457 e. The van der Waals surface area contributed by atoms with E-state index < -0.39 is 5.97 Å². The first kappa shape index (κ1) is 13.2. The smallest absolute Gasteiger partial charge is 0.340 e. The molecule has 0 spiro atoms. The molecule has 1 heterocycles. The summed E-state index contributed by atoms with van der Waals surface area (Å²) in [4.78, 5) is 11.8. The summed E-state index contributed by atoms with van der Waals surface area (Å²) in [6.45, 7) is 0.199. The van der Waals surface area contributed by atoms with Gasteiger partial charge in [0.15, 0.2) is 0 Å². The van der Waals surface area contributed by atoms with Gasteiger partial charge in [-0.15, -0.1) is 0 Å². The molecule has 0 unspecified atom stereocenters. The number of rotatable bonds is 3. The van der Waals surface area contributed by atoms with Crippen LogP contribution in [0.1, 0.15) is 15.9 Å². The summed E-state index contributed by atoms with van der Waals surface area (Å²) in [6.07, 6.45) is 0. The maximum atomic E-state index is 11.8. The van der Waals surface area contributed by atoms with Crippen LogP contribution in [0.4, 0.5) is 5.69 Å². The summed E-state index contributed by atoms with van der Waals surface area (Å²) in [6, 6.07) is 4.82. The zero-order valence-electron chi connectivity index (χ0n) is 9.15. The summed E-state index contributed by atoms with van der Waals surface area (Å²) in [5.41, 5.74) is 7.08. The molecule has 0 bridgehead atoms. The Morgan fingerprint density at radius 1 is 1.39 bits per heavy atom. The highest BCUT2D eigenvalue weighted by molar-refractivity contribution is 7.07. The Morgan fingerprint density at radius 2 is 2.17 bits per heavy atom. The van der Waals surface area contributed by atoms with Crippen LogP contribution >= 0.6 is 34.5 Å². The lowest BCUT2D eigenvalue weighted by atomic mass is 10.2. The van der Waals surface area contributed by atoms with Crippen LogP contribution in [-0.2, 0) is 11.3 Å². The summed E-state index contributed by atoms with van der Waals surface area (Å²) < 4.78 is 5.13. The van der Waals surface area contributed by atoms with Crippen molar-refractivity contribution in [3.8, 4) is 0 Å². The molecule has 0 atom stereocenters. The predicted octanol–water partition coefficient (Wildman–Crippen LogP) is 3.99. The maximum absolute atomic E-state index is 11.8. The Morgan fingerprint density at radius 3 is 2.83 bits per heavy atom. The van der Waals surface area contributed by atoms with Crippen LogP contribution in [0.2, 0.25) is 10.0 Å². The molecule has 3 nitrogen and oxygen atoms in total. The topological polar surface area (TPSA) is 52.3 Å². The second kappa shape index (κ2) is 5.61. The summed E-state index contributed by atoms with van der Waals surface area (Å²) in [5, 5.41) is 4.20. The van der Waals surface area contributed by atoms with Gasteiger partial charge in [-0.1, -0.05) is 23.2 Å². The molecule has 1 aromatic carbocycles. The van der Waals surface area contributed by atoms with E-state index in [1.54, 1.807) is 0 Å². The number of halogens is 2. The lowest BCUT2D eigenvalue weighted by Gasteiger charge is -2.07. The number of thiophene rings is 1. The minimum Gasteiger partial charge on any atom is -0.457 e. The van der Waals surface area contributed by atoms with E-state index in [9.17, 15) is 4.79 Å². The molecule has 2 rings (SSSR count). The second-order valence-electron chi connectivity index (χ2n) is 3.57. The number of nitrogen functional groups attached to an aromatic ring is 1. The zero-order valence-corrected chi connectivity index (χ0v) is 11.5. The first-order valence-corrected chi connectivity index (χ1v) is 6.70. The standard InChI is InChI=1S/C12H9Cl2NO2S/c13-10-4-8(15)3-9(11(10)14)12(16)17-5-7-1-2-18-6-7/h1-4,6H,5,15H2. The van der Waals surface area contributed by atoms with Crippen LogP contribution < -0.4 is 5.73 Å². The van der Waals surface area contributed by atoms with Crippen molar-refractivity contribution in [1.29, 1.82) is 0 Å². The lowest BCUT2D eigenvalue weighted by molar-refractivity contribution is 0.0473. The normalized spacial score (nSPS) is 10.3. The average molecular weight is 302 g/mol. The van der Waals surface area contributed by atoms with E-state index >= 15 is 0 Å². The number of anilines is 1. The summed E-state index contributed by atoms with van der Waals surface area (Å²) >= 11 is 13.3. The fourth-order valence-electron chi connectivity index (χ4n) is 1.36. The number of hydrogen-bond donors (Lipinski definition) is 1. The van der Waals surface area contributed by atoms with Gasteiger partial charge in [-0.25, -0.2) is 4.79 Å². The van der Waals surface area contributed by atoms with Crippen LogP contribution in [0.25, 0.3) is 0 Å². The number of esters is 1. The van der Waals surface area contributed by atoms with Gasteiger partial charge in [0.05, 0.1) is 15.6 Å². The van der Waals surface area contributed by atoms with Crippen molar-refractivity contribution < 1.29 is 9.53 Å². The first-order chi connectivity index (χ1) is 8.58. The van der Waals surface area contributed by atoms with Crippen LogP contribution in [-0.4, -0.2) is 5.97 Å². The Bertz CT molecular complexity index is 570. The third kappa shape index (κ3) is 2.96. The zero-order chi connectivity index (χ0) is 13.1. The monoisotopic (exact) mass is 301 g/mol. The molecule has 0 aliphatic heterocycles. The SMILES string of the molecule is Nc1cc(Cl)c(Cl)c(C(=O)OCc2ccsc2)c1. The molecule has 0 radical (unpaired) electrons. The van der Waals surface area contributed by atoms with Gasteiger partial charge < -0.3 is 10.5 Å². The molecule has 6 heteroatoms. The number of nitrogens with two attached hydrogens (primary N) is 1. The van der Waals surface area contributed by atoms with Gasteiger partial charge in [0, 0.05) is 11.3 Å². The van der Waals surface area contributed by atoms with Crippen molar-refractivity contribution in [2.24, 2.45) is 0 Å². The predicted molar refractivity (Wildman–Crippen MR) is 74.3 cm³/mol. The highest BCUT2D eigenvalue weighted by Gasteiger charge is 2.15. The van der Waals surface area contributed by atoms with Crippen LogP contribution in [0, 0.1) is 0 Å². The minimum absolute atomic E-state index is 0.154. The molecule has 2 N–H and O–H groups in total. The number of benzene rings is 1. The average Bonchev–Trinajstić information content (AvgIpc) is 2.83. The molecule has 0 amide bonds. The number of carbonyl (C=O) groups is 1. The molecule has 0 fully saturated rings. The van der Waals surface area contributed by atoms with Crippen molar-refractivity contribution in [1.82, 2.24) is 0 Å². The molecule has 1 aromatic heterocycles. The second-order valence-corrected chi connectivity index (χ2v) is 5.14. The molecule has 0 saturated carbocycles. The van der Waals surface area contributed by atoms with E-state index in [0.29, 0.717) is 5.69 Å². The molecule has 18 heavy (non-hydrogen) atoms. The van der Waals surface area contributed by atoms with Gasteiger partial charge in [-0.05, 0) is 29.0 Å². The van der Waals surface area contributed by atoms with Crippen molar-refractivity contribution in [3.63, 3.8) is 0 Å². The molecule has 94 valence electrons. The number of hydrogen-bond acceptors (Lipinski definition) is 4. The van der Waals surface area contributed by atoms with Crippen LogP contribution in [0.3, 0.4) is 0 Å². The molecular formula is C12H9Cl2NO2S. The first-order valence-electron chi connectivity index (χ1n) is 5.00. The van der Waals surface area contributed by atoms with Crippen LogP contribution in [0.5, 0.6) is 0 Å². The van der Waals surface area contributed by atoms with E-state index in [1.165, 1.54) is 23.5 Å². The Balaban J connectivity index is 2.14. The van der Waals surface area contributed by atoms with Crippen molar-refractivity contribution in [2.75, 3.05) is 5.73 Å². The summed E-state index contributed by atoms with van der Waals surface area (Å²) in [7, 11) is 0. The van der Waals surface area contributed by atoms with Gasteiger partial charge in [0.25, 0.3) is 0 Å². The molecular weight excluding hydrogens is 293 g/mol. The fraction of sp³-hybridized carbons (Fsp3) is 0.0833. The summed E-state index contributed by atoms with van der Waals surface area (Å²) in [5.74, 6) is -0.541. The maximum Gasteiger partial charge on any atom is 0.340 e. The Labute approximate surface area is 118 Å². The van der Waals surface area contributed by atoms with Gasteiger partial charge in [-0.3, -0.25) is 0 Å². The van der Waals surface area contributed by atoms with E-state index in [4.69, 9.17) is 33.7 Å². The molecule has 0 aliphatic rings. The van der Waals surface area contributed by atoms with Crippen LogP contribution in [0.15, 0.2) is 29.0 Å². The van der Waals surface area contributed by atoms with Gasteiger partial charge in [-0.2, -0.15) is 11.3 Å².